The molecule has 1 saturated heterocycles. The minimum Gasteiger partial charge on any atom is -0.463 e. The first-order chi connectivity index (χ1) is 12.0. The molecule has 0 aromatic heterocycles. The third-order valence-corrected chi connectivity index (χ3v) is 4.22. The van der Waals surface area contributed by atoms with Crippen LogP contribution in [0.3, 0.4) is 0 Å². The molecule has 3 rings (SSSR count). The van der Waals surface area contributed by atoms with E-state index in [0.29, 0.717) is 5.75 Å². The molecule has 0 spiro atoms. The Labute approximate surface area is 144 Å². The second-order valence-corrected chi connectivity index (χ2v) is 6.06. The van der Waals surface area contributed by atoms with Gasteiger partial charge < -0.3 is 30.1 Å². The fraction of sp³-hybridized carbons (Fsp3) is 0.389. The number of carbonyl (C=O) groups excluding carboxylic acids is 1. The molecule has 0 saturated carbocycles. The summed E-state index contributed by atoms with van der Waals surface area (Å²) in [6.45, 7) is 0.812. The van der Waals surface area contributed by atoms with E-state index in [9.17, 15) is 20.1 Å². The lowest BCUT2D eigenvalue weighted by atomic mass is 9.97. The van der Waals surface area contributed by atoms with Gasteiger partial charge >= 0.3 is 0 Å². The van der Waals surface area contributed by atoms with Gasteiger partial charge in [0.15, 0.2) is 0 Å². The quantitative estimate of drug-likeness (QED) is 0.628. The second-order valence-electron chi connectivity index (χ2n) is 6.06. The molecule has 134 valence electrons. The van der Waals surface area contributed by atoms with Crippen LogP contribution in [0.15, 0.2) is 42.5 Å². The van der Waals surface area contributed by atoms with Crippen LogP contribution in [0.25, 0.3) is 10.8 Å². The summed E-state index contributed by atoms with van der Waals surface area (Å²) < 4.78 is 11.4. The number of aliphatic hydroxyl groups is 3. The molecule has 4 N–H and O–H groups in total. The number of carbonyl (C=O) groups is 1. The number of hydrogen-bond acceptors (Lipinski definition) is 6. The summed E-state index contributed by atoms with van der Waals surface area (Å²) in [6, 6.07) is 12.2. The van der Waals surface area contributed by atoms with Crippen LogP contribution in [0.1, 0.15) is 6.92 Å². The van der Waals surface area contributed by atoms with Crippen molar-refractivity contribution in [2.45, 2.75) is 37.6 Å². The average molecular weight is 347 g/mol. The summed E-state index contributed by atoms with van der Waals surface area (Å²) in [4.78, 5) is 11.4. The smallest absolute Gasteiger partial charge is 0.223 e. The van der Waals surface area contributed by atoms with E-state index in [1.807, 2.05) is 36.4 Å². The molecule has 7 nitrogen and oxygen atoms in total. The van der Waals surface area contributed by atoms with Gasteiger partial charge in [0, 0.05) is 6.92 Å². The number of amides is 1. The van der Waals surface area contributed by atoms with E-state index in [1.54, 1.807) is 6.07 Å². The van der Waals surface area contributed by atoms with E-state index < -0.39 is 43.2 Å². The van der Waals surface area contributed by atoms with Crippen LogP contribution < -0.4 is 10.1 Å². The zero-order valence-corrected chi connectivity index (χ0v) is 13.7. The highest BCUT2D eigenvalue weighted by atomic mass is 16.7. The summed E-state index contributed by atoms with van der Waals surface area (Å²) >= 11 is 0. The Bertz CT molecular complexity index is 751. The van der Waals surface area contributed by atoms with Gasteiger partial charge in [-0.3, -0.25) is 4.79 Å². The number of benzene rings is 2. The average Bonchev–Trinajstić information content (AvgIpc) is 2.61. The molecule has 1 heterocycles. The Kier molecular flexibility index (Phi) is 5.19. The standard InChI is InChI=1S/C18H21NO6/c1-10(21)19-15-17(23)16(22)14(9-20)25-18(15)24-13-7-6-11-4-2-3-5-12(11)8-13/h2-8,14-18,20,22-23H,9H2,1H3,(H,19,21)/t14-,15-,16-,17+,18-/m1/s1. The SMILES string of the molecule is CC(=O)N[C@H]1[C@H](Oc2ccc3ccccc3c2)O[C@H](CO)[C@@H](O)[C@H]1O. The predicted octanol–water partition coefficient (Wildman–Crippen LogP) is 0.162. The minimum absolute atomic E-state index is 0.394. The highest BCUT2D eigenvalue weighted by Gasteiger charge is 2.46. The van der Waals surface area contributed by atoms with Gasteiger partial charge in [0.25, 0.3) is 0 Å². The van der Waals surface area contributed by atoms with Gasteiger partial charge in [0.2, 0.25) is 12.2 Å². The molecule has 0 radical (unpaired) electrons. The van der Waals surface area contributed by atoms with Crippen molar-refractivity contribution in [2.75, 3.05) is 6.61 Å². The summed E-state index contributed by atoms with van der Waals surface area (Å²) in [6.07, 6.45) is -4.73. The normalized spacial score (nSPS) is 29.4. The summed E-state index contributed by atoms with van der Waals surface area (Å²) in [5.41, 5.74) is 0. The topological polar surface area (TPSA) is 108 Å². The van der Waals surface area contributed by atoms with Crippen LogP contribution >= 0.6 is 0 Å². The van der Waals surface area contributed by atoms with Crippen molar-refractivity contribution in [1.29, 1.82) is 0 Å². The van der Waals surface area contributed by atoms with Crippen LogP contribution in [0.2, 0.25) is 0 Å². The number of ether oxygens (including phenoxy) is 2. The first kappa shape index (κ1) is 17.6. The molecule has 1 fully saturated rings. The highest BCUT2D eigenvalue weighted by Crippen LogP contribution is 2.26. The van der Waals surface area contributed by atoms with Crippen molar-refractivity contribution in [3.05, 3.63) is 42.5 Å². The predicted molar refractivity (Wildman–Crippen MR) is 89.9 cm³/mol. The number of aliphatic hydroxyl groups excluding tert-OH is 3. The number of rotatable bonds is 4. The van der Waals surface area contributed by atoms with Gasteiger partial charge in [-0.2, -0.15) is 0 Å². The maximum Gasteiger partial charge on any atom is 0.223 e. The maximum atomic E-state index is 11.4. The van der Waals surface area contributed by atoms with Crippen molar-refractivity contribution in [2.24, 2.45) is 0 Å². The molecular weight excluding hydrogens is 326 g/mol. The molecule has 5 atom stereocenters. The Morgan fingerprint density at radius 2 is 1.88 bits per heavy atom. The summed E-state index contributed by atoms with van der Waals surface area (Å²) in [7, 11) is 0. The van der Waals surface area contributed by atoms with Crippen molar-refractivity contribution in [3.8, 4) is 5.75 Å². The summed E-state index contributed by atoms with van der Waals surface area (Å²) in [5, 5.41) is 34.2. The molecule has 0 aliphatic carbocycles. The molecular formula is C18H21NO6. The van der Waals surface area contributed by atoms with Crippen LogP contribution in [0.4, 0.5) is 0 Å². The number of hydrogen-bond donors (Lipinski definition) is 4. The van der Waals surface area contributed by atoms with Crippen molar-refractivity contribution in [3.63, 3.8) is 0 Å². The van der Waals surface area contributed by atoms with Gasteiger partial charge in [-0.05, 0) is 22.9 Å². The van der Waals surface area contributed by atoms with Gasteiger partial charge in [-0.25, -0.2) is 0 Å². The second kappa shape index (κ2) is 7.37. The van der Waals surface area contributed by atoms with Crippen molar-refractivity contribution < 1.29 is 29.6 Å². The van der Waals surface area contributed by atoms with E-state index in [2.05, 4.69) is 5.32 Å². The van der Waals surface area contributed by atoms with Crippen molar-refractivity contribution >= 4 is 16.7 Å². The van der Waals surface area contributed by atoms with Crippen LogP contribution in [0, 0.1) is 0 Å². The Hall–Kier alpha value is -2.19. The third kappa shape index (κ3) is 3.74. The molecule has 2 aromatic rings. The lowest BCUT2D eigenvalue weighted by Crippen LogP contribution is -2.65. The fourth-order valence-corrected chi connectivity index (χ4v) is 2.95. The lowest BCUT2D eigenvalue weighted by molar-refractivity contribution is -0.244. The largest absolute Gasteiger partial charge is 0.463 e. The molecule has 25 heavy (non-hydrogen) atoms. The van der Waals surface area contributed by atoms with E-state index in [0.717, 1.165) is 10.8 Å². The Morgan fingerprint density at radius 3 is 2.56 bits per heavy atom. The van der Waals surface area contributed by atoms with Crippen molar-refractivity contribution in [1.82, 2.24) is 5.32 Å². The fourth-order valence-electron chi connectivity index (χ4n) is 2.95. The van der Waals surface area contributed by atoms with Gasteiger partial charge in [-0.1, -0.05) is 30.3 Å². The molecule has 2 aromatic carbocycles. The van der Waals surface area contributed by atoms with E-state index in [4.69, 9.17) is 9.47 Å². The molecule has 1 aliphatic rings. The zero-order chi connectivity index (χ0) is 18.0. The third-order valence-electron chi connectivity index (χ3n) is 4.22. The van der Waals surface area contributed by atoms with E-state index in [-0.39, 0.29) is 0 Å². The molecule has 1 aliphatic heterocycles. The maximum absolute atomic E-state index is 11.4. The molecule has 0 unspecified atom stereocenters. The zero-order valence-electron chi connectivity index (χ0n) is 13.7. The highest BCUT2D eigenvalue weighted by molar-refractivity contribution is 5.83. The first-order valence-electron chi connectivity index (χ1n) is 8.04. The monoisotopic (exact) mass is 347 g/mol. The lowest BCUT2D eigenvalue weighted by Gasteiger charge is -2.42. The van der Waals surface area contributed by atoms with Gasteiger partial charge in [-0.15, -0.1) is 0 Å². The van der Waals surface area contributed by atoms with Crippen LogP contribution in [0.5, 0.6) is 5.75 Å². The van der Waals surface area contributed by atoms with E-state index in [1.165, 1.54) is 6.92 Å². The number of nitrogens with one attached hydrogen (secondary N) is 1. The Morgan fingerprint density at radius 1 is 1.16 bits per heavy atom. The number of fused-ring (bicyclic) bond motifs is 1. The van der Waals surface area contributed by atoms with Crippen LogP contribution in [-0.2, 0) is 9.53 Å². The van der Waals surface area contributed by atoms with Gasteiger partial charge in [0.05, 0.1) is 6.61 Å². The summed E-state index contributed by atoms with van der Waals surface area (Å²) in [5.74, 6) is 0.0914. The van der Waals surface area contributed by atoms with E-state index >= 15 is 0 Å². The first-order valence-corrected chi connectivity index (χ1v) is 8.04. The molecule has 0 bridgehead atoms. The molecule has 1 amide bonds. The molecule has 7 heteroatoms. The minimum atomic E-state index is -1.33. The van der Waals surface area contributed by atoms with Gasteiger partial charge in [0.1, 0.15) is 30.1 Å². The van der Waals surface area contributed by atoms with Crippen LogP contribution in [-0.4, -0.2) is 58.5 Å². The Balaban J connectivity index is 1.86.